The summed E-state index contributed by atoms with van der Waals surface area (Å²) in [7, 11) is 0. The summed E-state index contributed by atoms with van der Waals surface area (Å²) in [5.41, 5.74) is 5.72. The second kappa shape index (κ2) is 5.66. The van der Waals surface area contributed by atoms with E-state index in [0.29, 0.717) is 29.1 Å². The van der Waals surface area contributed by atoms with Gasteiger partial charge in [0.15, 0.2) is 5.13 Å². The number of nitrogens with zero attached hydrogens (tertiary/aromatic N) is 3. The lowest BCUT2D eigenvalue weighted by Gasteiger charge is -2.27. The van der Waals surface area contributed by atoms with Crippen molar-refractivity contribution < 1.29 is 9.26 Å². The molecule has 0 saturated heterocycles. The zero-order valence-corrected chi connectivity index (χ0v) is 12.2. The SMILES string of the molecule is CCOC(CC)(CC)c1noc(-c2csc(N)n2)n1. The Bertz CT molecular complexity index is 533. The minimum Gasteiger partial charge on any atom is -0.375 e. The van der Waals surface area contributed by atoms with Gasteiger partial charge in [-0.05, 0) is 19.8 Å². The Morgan fingerprint density at radius 1 is 1.32 bits per heavy atom. The minimum atomic E-state index is -0.488. The molecule has 104 valence electrons. The molecule has 2 aromatic heterocycles. The highest BCUT2D eigenvalue weighted by Gasteiger charge is 2.34. The zero-order valence-electron chi connectivity index (χ0n) is 11.3. The van der Waals surface area contributed by atoms with E-state index in [1.165, 1.54) is 11.3 Å². The van der Waals surface area contributed by atoms with Crippen LogP contribution in [0.25, 0.3) is 11.6 Å². The smallest absolute Gasteiger partial charge is 0.277 e. The maximum absolute atomic E-state index is 5.84. The number of aromatic nitrogens is 3. The molecular weight excluding hydrogens is 264 g/mol. The molecule has 0 aliphatic heterocycles. The number of rotatable bonds is 6. The van der Waals surface area contributed by atoms with Crippen LogP contribution in [0.15, 0.2) is 9.90 Å². The lowest BCUT2D eigenvalue weighted by molar-refractivity contribution is -0.0583. The number of hydrogen-bond acceptors (Lipinski definition) is 7. The van der Waals surface area contributed by atoms with Gasteiger partial charge in [-0.3, -0.25) is 0 Å². The third-order valence-corrected chi connectivity index (χ3v) is 3.81. The van der Waals surface area contributed by atoms with Crippen LogP contribution in [0.2, 0.25) is 0 Å². The first-order chi connectivity index (χ1) is 9.15. The lowest BCUT2D eigenvalue weighted by atomic mass is 9.96. The van der Waals surface area contributed by atoms with E-state index in [1.807, 2.05) is 6.92 Å². The molecule has 0 aromatic carbocycles. The molecule has 0 amide bonds. The fourth-order valence-electron chi connectivity index (χ4n) is 2.01. The van der Waals surface area contributed by atoms with Gasteiger partial charge in [-0.25, -0.2) is 4.98 Å². The minimum absolute atomic E-state index is 0.383. The normalized spacial score (nSPS) is 11.9. The second-order valence-electron chi connectivity index (χ2n) is 4.13. The highest BCUT2D eigenvalue weighted by molar-refractivity contribution is 7.13. The summed E-state index contributed by atoms with van der Waals surface area (Å²) in [5, 5.41) is 6.33. The number of ether oxygens (including phenoxy) is 1. The maximum Gasteiger partial charge on any atom is 0.277 e. The van der Waals surface area contributed by atoms with Crippen LogP contribution >= 0.6 is 11.3 Å². The van der Waals surface area contributed by atoms with E-state index in [1.54, 1.807) is 5.38 Å². The fourth-order valence-corrected chi connectivity index (χ4v) is 2.55. The molecule has 2 N–H and O–H groups in total. The van der Waals surface area contributed by atoms with E-state index < -0.39 is 5.60 Å². The molecule has 19 heavy (non-hydrogen) atoms. The zero-order chi connectivity index (χ0) is 13.9. The lowest BCUT2D eigenvalue weighted by Crippen LogP contribution is -2.29. The molecule has 0 atom stereocenters. The number of hydrogen-bond donors (Lipinski definition) is 1. The molecule has 0 unspecified atom stereocenters. The fraction of sp³-hybridized carbons (Fsp3) is 0.583. The van der Waals surface area contributed by atoms with Crippen LogP contribution in [0.5, 0.6) is 0 Å². The van der Waals surface area contributed by atoms with E-state index in [0.717, 1.165) is 12.8 Å². The van der Waals surface area contributed by atoms with Crippen LogP contribution in [0, 0.1) is 0 Å². The Balaban J connectivity index is 2.33. The molecule has 0 aliphatic rings. The van der Waals surface area contributed by atoms with E-state index in [9.17, 15) is 0 Å². The van der Waals surface area contributed by atoms with Crippen molar-refractivity contribution in [3.63, 3.8) is 0 Å². The first kappa shape index (κ1) is 14.0. The van der Waals surface area contributed by atoms with E-state index in [-0.39, 0.29) is 0 Å². The predicted octanol–water partition coefficient (Wildman–Crippen LogP) is 2.83. The monoisotopic (exact) mass is 282 g/mol. The van der Waals surface area contributed by atoms with Crippen molar-refractivity contribution in [2.75, 3.05) is 12.3 Å². The summed E-state index contributed by atoms with van der Waals surface area (Å²) >= 11 is 1.35. The van der Waals surface area contributed by atoms with E-state index >= 15 is 0 Å². The molecule has 0 spiro atoms. The molecule has 0 fully saturated rings. The summed E-state index contributed by atoms with van der Waals surface area (Å²) in [6, 6.07) is 0. The molecule has 0 radical (unpaired) electrons. The maximum atomic E-state index is 5.84. The standard InChI is InChI=1S/C12H18N4O2S/c1-4-12(5-2,17-6-3)10-15-9(18-16-10)8-7-19-11(13)14-8/h7H,4-6H2,1-3H3,(H2,13,14). The van der Waals surface area contributed by atoms with Gasteiger partial charge in [0.05, 0.1) is 0 Å². The summed E-state index contributed by atoms with van der Waals surface area (Å²) in [6.45, 7) is 6.67. The summed E-state index contributed by atoms with van der Waals surface area (Å²) in [5.74, 6) is 0.954. The van der Waals surface area contributed by atoms with Gasteiger partial charge in [-0.15, -0.1) is 11.3 Å². The molecule has 2 aromatic rings. The summed E-state index contributed by atoms with van der Waals surface area (Å²) in [6.07, 6.45) is 1.57. The van der Waals surface area contributed by atoms with Gasteiger partial charge in [0.1, 0.15) is 11.3 Å². The highest BCUT2D eigenvalue weighted by atomic mass is 32.1. The van der Waals surface area contributed by atoms with Crippen molar-refractivity contribution in [3.05, 3.63) is 11.2 Å². The van der Waals surface area contributed by atoms with Gasteiger partial charge in [0, 0.05) is 12.0 Å². The van der Waals surface area contributed by atoms with E-state index in [2.05, 4.69) is 29.0 Å². The Morgan fingerprint density at radius 3 is 2.58 bits per heavy atom. The Morgan fingerprint density at radius 2 is 2.05 bits per heavy atom. The Labute approximate surface area is 116 Å². The van der Waals surface area contributed by atoms with Crippen LogP contribution in [0.3, 0.4) is 0 Å². The Hall–Kier alpha value is -1.47. The van der Waals surface area contributed by atoms with Gasteiger partial charge in [0.25, 0.3) is 5.89 Å². The van der Waals surface area contributed by atoms with Crippen LogP contribution in [0.4, 0.5) is 5.13 Å². The second-order valence-corrected chi connectivity index (χ2v) is 5.02. The molecule has 0 bridgehead atoms. The van der Waals surface area contributed by atoms with Gasteiger partial charge in [-0.2, -0.15) is 4.98 Å². The van der Waals surface area contributed by atoms with Crippen LogP contribution in [0.1, 0.15) is 39.4 Å². The van der Waals surface area contributed by atoms with Gasteiger partial charge in [-0.1, -0.05) is 19.0 Å². The topological polar surface area (TPSA) is 87.1 Å². The number of thiazole rings is 1. The van der Waals surface area contributed by atoms with Crippen LogP contribution in [-0.2, 0) is 10.3 Å². The first-order valence-electron chi connectivity index (χ1n) is 6.34. The Kier molecular flexibility index (Phi) is 4.16. The van der Waals surface area contributed by atoms with E-state index in [4.69, 9.17) is 15.0 Å². The van der Waals surface area contributed by atoms with Crippen molar-refractivity contribution in [1.82, 2.24) is 15.1 Å². The third kappa shape index (κ3) is 2.62. The number of anilines is 1. The van der Waals surface area contributed by atoms with Crippen molar-refractivity contribution in [2.24, 2.45) is 0 Å². The quantitative estimate of drug-likeness (QED) is 0.876. The molecule has 6 nitrogen and oxygen atoms in total. The molecule has 0 aliphatic carbocycles. The van der Waals surface area contributed by atoms with Crippen molar-refractivity contribution in [1.29, 1.82) is 0 Å². The predicted molar refractivity (Wildman–Crippen MR) is 73.7 cm³/mol. The molecular formula is C12H18N4O2S. The molecule has 2 rings (SSSR count). The third-order valence-electron chi connectivity index (χ3n) is 3.14. The molecule has 2 heterocycles. The van der Waals surface area contributed by atoms with Crippen molar-refractivity contribution in [3.8, 4) is 11.6 Å². The average Bonchev–Trinajstić information content (AvgIpc) is 3.05. The largest absolute Gasteiger partial charge is 0.375 e. The van der Waals surface area contributed by atoms with Crippen LogP contribution in [-0.4, -0.2) is 21.7 Å². The highest BCUT2D eigenvalue weighted by Crippen LogP contribution is 2.32. The van der Waals surface area contributed by atoms with Crippen molar-refractivity contribution in [2.45, 2.75) is 39.2 Å². The first-order valence-corrected chi connectivity index (χ1v) is 7.22. The van der Waals surface area contributed by atoms with Gasteiger partial charge in [0.2, 0.25) is 5.82 Å². The molecule has 0 saturated carbocycles. The summed E-state index contributed by atoms with van der Waals surface area (Å²) in [4.78, 5) is 8.55. The van der Waals surface area contributed by atoms with Crippen molar-refractivity contribution >= 4 is 16.5 Å². The van der Waals surface area contributed by atoms with Gasteiger partial charge < -0.3 is 15.0 Å². The van der Waals surface area contributed by atoms with Gasteiger partial charge >= 0.3 is 0 Å². The van der Waals surface area contributed by atoms with Crippen LogP contribution < -0.4 is 5.73 Å². The number of nitrogen functional groups attached to an aromatic ring is 1. The molecule has 7 heteroatoms. The number of nitrogens with two attached hydrogens (primary N) is 1. The average molecular weight is 282 g/mol. The summed E-state index contributed by atoms with van der Waals surface area (Å²) < 4.78 is 11.1.